The highest BCUT2D eigenvalue weighted by atomic mass is 16.5. The van der Waals surface area contributed by atoms with E-state index in [0.717, 1.165) is 55.7 Å². The predicted octanol–water partition coefficient (Wildman–Crippen LogP) is 6.82. The lowest BCUT2D eigenvalue weighted by atomic mass is 10.1. The van der Waals surface area contributed by atoms with Crippen LogP contribution in [-0.2, 0) is 11.3 Å². The first-order valence-corrected chi connectivity index (χ1v) is 14.2. The van der Waals surface area contributed by atoms with Crippen molar-refractivity contribution in [2.24, 2.45) is 11.3 Å². The Hall–Kier alpha value is -3.78. The molecule has 1 aliphatic rings. The molecule has 1 aliphatic carbocycles. The first kappa shape index (κ1) is 29.2. The molecular formula is C32H42N6O2. The molecule has 1 saturated carbocycles. The molecule has 40 heavy (non-hydrogen) atoms. The number of rotatable bonds is 10. The minimum absolute atomic E-state index is 0.0226. The second kappa shape index (κ2) is 13.0. The van der Waals surface area contributed by atoms with Gasteiger partial charge in [-0.15, -0.1) is 0 Å². The van der Waals surface area contributed by atoms with Crippen molar-refractivity contribution in [2.45, 2.75) is 60.4 Å². The summed E-state index contributed by atoms with van der Waals surface area (Å²) in [5.41, 5.74) is 3.83. The standard InChI is InChI=1S/C26H28N6O.C6H14O/c1-16-5-7-20(8-6-16)30-23-22-17(9-10-32(24(22)33)15-19-12-26(19,2)3)11-21(31-23)18-13-28-25(27-4)29-14-18;1-3-5-7-6-4-2/h5-11,13-14,19H,12,15H2,1-4H3,(H,30,31)(H,27,28,29);3-6H2,1-2H3. The van der Waals surface area contributed by atoms with Crippen LogP contribution in [0.5, 0.6) is 0 Å². The number of aryl methyl sites for hydroxylation is 1. The second-order valence-electron chi connectivity index (χ2n) is 11.1. The average molecular weight is 543 g/mol. The molecule has 2 N–H and O–H groups in total. The summed E-state index contributed by atoms with van der Waals surface area (Å²) < 4.78 is 6.96. The number of pyridine rings is 2. The Morgan fingerprint density at radius 2 is 1.70 bits per heavy atom. The van der Waals surface area contributed by atoms with Crippen LogP contribution in [-0.4, -0.2) is 39.8 Å². The van der Waals surface area contributed by atoms with Crippen molar-refractivity contribution in [3.63, 3.8) is 0 Å². The molecule has 1 atom stereocenters. The van der Waals surface area contributed by atoms with Crippen molar-refractivity contribution in [3.05, 3.63) is 70.9 Å². The van der Waals surface area contributed by atoms with Crippen LogP contribution < -0.4 is 16.2 Å². The Balaban J connectivity index is 0.000000470. The largest absolute Gasteiger partial charge is 0.381 e. The van der Waals surface area contributed by atoms with Gasteiger partial charge < -0.3 is 19.9 Å². The van der Waals surface area contributed by atoms with Gasteiger partial charge in [0.1, 0.15) is 5.82 Å². The van der Waals surface area contributed by atoms with Gasteiger partial charge in [0.2, 0.25) is 5.95 Å². The number of nitrogens with zero attached hydrogens (tertiary/aromatic N) is 4. The number of nitrogens with one attached hydrogen (secondary N) is 2. The Bertz CT molecular complexity index is 1460. The van der Waals surface area contributed by atoms with E-state index in [1.807, 2.05) is 54.1 Å². The van der Waals surface area contributed by atoms with Gasteiger partial charge in [0.15, 0.2) is 0 Å². The SMILES string of the molecule is CCCOCCC.CNc1ncc(-c2cc3ccn(CC4CC4(C)C)c(=O)c3c(Nc3ccc(C)cc3)n2)cn1. The molecule has 5 rings (SSSR count). The summed E-state index contributed by atoms with van der Waals surface area (Å²) in [7, 11) is 1.78. The Kier molecular flexibility index (Phi) is 9.53. The molecule has 8 nitrogen and oxygen atoms in total. The molecule has 8 heteroatoms. The number of hydrogen-bond acceptors (Lipinski definition) is 7. The van der Waals surface area contributed by atoms with Gasteiger partial charge in [-0.2, -0.15) is 0 Å². The average Bonchev–Trinajstić information content (AvgIpc) is 3.57. The van der Waals surface area contributed by atoms with Gasteiger partial charge in [0.05, 0.1) is 11.1 Å². The number of hydrogen-bond donors (Lipinski definition) is 2. The molecular weight excluding hydrogens is 500 g/mol. The van der Waals surface area contributed by atoms with Gasteiger partial charge in [0, 0.05) is 56.6 Å². The number of anilines is 3. The van der Waals surface area contributed by atoms with Crippen LogP contribution >= 0.6 is 0 Å². The Morgan fingerprint density at radius 1 is 1.05 bits per heavy atom. The molecule has 0 aliphatic heterocycles. The number of benzene rings is 1. The van der Waals surface area contributed by atoms with Gasteiger partial charge in [-0.3, -0.25) is 4.79 Å². The zero-order chi connectivity index (χ0) is 28.7. The van der Waals surface area contributed by atoms with E-state index in [1.165, 1.54) is 5.56 Å². The molecule has 212 valence electrons. The van der Waals surface area contributed by atoms with Crippen LogP contribution in [0.4, 0.5) is 17.5 Å². The summed E-state index contributed by atoms with van der Waals surface area (Å²) in [6.07, 6.45) is 8.79. The molecule has 1 aromatic carbocycles. The van der Waals surface area contributed by atoms with Crippen molar-refractivity contribution in [1.82, 2.24) is 19.5 Å². The molecule has 0 saturated heterocycles. The third-order valence-corrected chi connectivity index (χ3v) is 7.28. The smallest absolute Gasteiger partial charge is 0.262 e. The predicted molar refractivity (Wildman–Crippen MR) is 164 cm³/mol. The molecule has 3 heterocycles. The molecule has 0 amide bonds. The van der Waals surface area contributed by atoms with Crippen molar-refractivity contribution in [3.8, 4) is 11.3 Å². The van der Waals surface area contributed by atoms with Gasteiger partial charge in [-0.05, 0) is 67.2 Å². The lowest BCUT2D eigenvalue weighted by Gasteiger charge is -2.14. The van der Waals surface area contributed by atoms with Gasteiger partial charge >= 0.3 is 0 Å². The fourth-order valence-electron chi connectivity index (χ4n) is 4.56. The monoisotopic (exact) mass is 542 g/mol. The summed E-state index contributed by atoms with van der Waals surface area (Å²) in [5, 5.41) is 7.73. The van der Waals surface area contributed by atoms with Gasteiger partial charge in [0.25, 0.3) is 5.56 Å². The van der Waals surface area contributed by atoms with E-state index in [0.29, 0.717) is 34.2 Å². The highest BCUT2D eigenvalue weighted by molar-refractivity contribution is 5.95. The highest BCUT2D eigenvalue weighted by Gasteiger charge is 2.45. The van der Waals surface area contributed by atoms with Crippen LogP contribution in [0.15, 0.2) is 59.8 Å². The maximum absolute atomic E-state index is 13.5. The van der Waals surface area contributed by atoms with Crippen LogP contribution in [0, 0.1) is 18.3 Å². The van der Waals surface area contributed by atoms with E-state index < -0.39 is 0 Å². The third kappa shape index (κ3) is 7.24. The quantitative estimate of drug-likeness (QED) is 0.212. The number of fused-ring (bicyclic) bond motifs is 1. The molecule has 1 unspecified atom stereocenters. The summed E-state index contributed by atoms with van der Waals surface area (Å²) >= 11 is 0. The lowest BCUT2D eigenvalue weighted by molar-refractivity contribution is 0.135. The molecule has 0 bridgehead atoms. The van der Waals surface area contributed by atoms with E-state index >= 15 is 0 Å². The van der Waals surface area contributed by atoms with E-state index in [4.69, 9.17) is 9.72 Å². The maximum Gasteiger partial charge on any atom is 0.262 e. The van der Waals surface area contributed by atoms with Crippen molar-refractivity contribution in [1.29, 1.82) is 0 Å². The number of ether oxygens (including phenoxy) is 1. The zero-order valence-corrected chi connectivity index (χ0v) is 24.6. The second-order valence-corrected chi connectivity index (χ2v) is 11.1. The van der Waals surface area contributed by atoms with E-state index in [9.17, 15) is 4.79 Å². The molecule has 3 aromatic heterocycles. The van der Waals surface area contributed by atoms with E-state index in [1.54, 1.807) is 19.4 Å². The van der Waals surface area contributed by atoms with Crippen LogP contribution in [0.3, 0.4) is 0 Å². The molecule has 0 radical (unpaired) electrons. The summed E-state index contributed by atoms with van der Waals surface area (Å²) in [6.45, 7) is 13.4. The number of aromatic nitrogens is 4. The first-order valence-electron chi connectivity index (χ1n) is 14.2. The lowest BCUT2D eigenvalue weighted by Crippen LogP contribution is -2.22. The van der Waals surface area contributed by atoms with Gasteiger partial charge in [-0.1, -0.05) is 45.4 Å². The minimum Gasteiger partial charge on any atom is -0.381 e. The molecule has 4 aromatic rings. The fraction of sp³-hybridized carbons (Fsp3) is 0.438. The van der Waals surface area contributed by atoms with Crippen LogP contribution in [0.2, 0.25) is 0 Å². The van der Waals surface area contributed by atoms with Crippen molar-refractivity contribution in [2.75, 3.05) is 30.9 Å². The highest BCUT2D eigenvalue weighted by Crippen LogP contribution is 2.52. The van der Waals surface area contributed by atoms with Gasteiger partial charge in [-0.25, -0.2) is 15.0 Å². The summed E-state index contributed by atoms with van der Waals surface area (Å²) in [4.78, 5) is 27.0. The summed E-state index contributed by atoms with van der Waals surface area (Å²) in [6, 6.07) is 12.0. The Morgan fingerprint density at radius 3 is 2.27 bits per heavy atom. The fourth-order valence-corrected chi connectivity index (χ4v) is 4.56. The van der Waals surface area contributed by atoms with E-state index in [-0.39, 0.29) is 5.56 Å². The van der Waals surface area contributed by atoms with Crippen LogP contribution in [0.25, 0.3) is 22.0 Å². The normalized spacial score (nSPS) is 15.3. The van der Waals surface area contributed by atoms with E-state index in [2.05, 4.69) is 48.3 Å². The van der Waals surface area contributed by atoms with Crippen molar-refractivity contribution < 1.29 is 4.74 Å². The topological polar surface area (TPSA) is 94.0 Å². The van der Waals surface area contributed by atoms with Crippen molar-refractivity contribution >= 4 is 28.2 Å². The maximum atomic E-state index is 13.5. The minimum atomic E-state index is -0.0226. The molecule has 1 fully saturated rings. The third-order valence-electron chi connectivity index (χ3n) is 7.28. The summed E-state index contributed by atoms with van der Waals surface area (Å²) in [5.74, 6) is 1.61. The first-order chi connectivity index (χ1) is 19.2. The zero-order valence-electron chi connectivity index (χ0n) is 24.6. The van der Waals surface area contributed by atoms with Crippen LogP contribution in [0.1, 0.15) is 52.5 Å². The Labute approximate surface area is 237 Å². The molecule has 0 spiro atoms.